The molecule has 6 heteroatoms. The van der Waals surface area contributed by atoms with Crippen LogP contribution in [0, 0.1) is 0 Å². The van der Waals surface area contributed by atoms with Gasteiger partial charge in [-0.2, -0.15) is 0 Å². The molecule has 156 valence electrons. The van der Waals surface area contributed by atoms with Gasteiger partial charge in [0, 0.05) is 6.54 Å². The van der Waals surface area contributed by atoms with E-state index in [-0.39, 0.29) is 17.5 Å². The highest BCUT2D eigenvalue weighted by Gasteiger charge is 2.39. The van der Waals surface area contributed by atoms with Crippen molar-refractivity contribution < 1.29 is 9.53 Å². The number of benzene rings is 2. The molecule has 2 aromatic carbocycles. The van der Waals surface area contributed by atoms with E-state index in [9.17, 15) is 9.59 Å². The molecule has 0 saturated heterocycles. The number of hydrogen-bond acceptors (Lipinski definition) is 4. The Kier molecular flexibility index (Phi) is 5.57. The third-order valence-corrected chi connectivity index (χ3v) is 5.88. The minimum atomic E-state index is -0.583. The number of carbonyl (C=O) groups is 1. The van der Waals surface area contributed by atoms with Crippen LogP contribution in [0.5, 0.6) is 5.75 Å². The van der Waals surface area contributed by atoms with Crippen molar-refractivity contribution in [2.24, 2.45) is 0 Å². The molecular weight excluding hydrogens is 378 g/mol. The number of para-hydroxylation sites is 1. The highest BCUT2D eigenvalue weighted by atomic mass is 16.5. The summed E-state index contributed by atoms with van der Waals surface area (Å²) in [5.74, 6) is 1.43. The topological polar surface area (TPSA) is 64.4 Å². The van der Waals surface area contributed by atoms with Gasteiger partial charge in [0.15, 0.2) is 0 Å². The SMILES string of the molecule is CCCC[C@@H]1c2nc3ccccc3c(=O)n2[C@@H](C)C(=O)N1Cc1ccc(OC)cc1. The molecule has 0 saturated carbocycles. The fourth-order valence-corrected chi connectivity index (χ4v) is 4.21. The molecule has 0 N–H and O–H groups in total. The molecule has 0 radical (unpaired) electrons. The van der Waals surface area contributed by atoms with Gasteiger partial charge in [-0.25, -0.2) is 4.98 Å². The lowest BCUT2D eigenvalue weighted by molar-refractivity contribution is -0.140. The first kappa shape index (κ1) is 20.1. The molecule has 0 unspecified atom stereocenters. The minimum absolute atomic E-state index is 0.0430. The van der Waals surface area contributed by atoms with Crippen molar-refractivity contribution in [1.82, 2.24) is 14.5 Å². The predicted octanol–water partition coefficient (Wildman–Crippen LogP) is 4.24. The lowest BCUT2D eigenvalue weighted by Crippen LogP contribution is -2.49. The molecule has 1 amide bonds. The molecule has 2 heterocycles. The minimum Gasteiger partial charge on any atom is -0.497 e. The standard InChI is InChI=1S/C24H27N3O3/c1-4-5-10-21-22-25-20-9-7-6-8-19(20)24(29)27(22)16(2)23(28)26(21)15-17-11-13-18(30-3)14-12-17/h6-9,11-14,16,21H,4-5,10,15H2,1-3H3/t16-,21+/m0/s1. The Bertz CT molecular complexity index is 1120. The fraction of sp³-hybridized carbons (Fsp3) is 0.375. The Morgan fingerprint density at radius 3 is 2.50 bits per heavy atom. The van der Waals surface area contributed by atoms with Gasteiger partial charge in [0.1, 0.15) is 17.6 Å². The number of methoxy groups -OCH3 is 1. The summed E-state index contributed by atoms with van der Waals surface area (Å²) in [6.07, 6.45) is 2.73. The summed E-state index contributed by atoms with van der Waals surface area (Å²) in [6.45, 7) is 4.40. The monoisotopic (exact) mass is 405 g/mol. The zero-order valence-corrected chi connectivity index (χ0v) is 17.7. The molecule has 2 atom stereocenters. The number of fused-ring (bicyclic) bond motifs is 2. The average Bonchev–Trinajstić information content (AvgIpc) is 2.77. The number of nitrogens with zero attached hydrogens (tertiary/aromatic N) is 3. The van der Waals surface area contributed by atoms with E-state index in [2.05, 4.69) is 6.92 Å². The van der Waals surface area contributed by atoms with E-state index in [1.54, 1.807) is 24.7 Å². The molecule has 0 aliphatic carbocycles. The Hall–Kier alpha value is -3.15. The van der Waals surface area contributed by atoms with Crippen molar-refractivity contribution in [2.45, 2.75) is 51.7 Å². The maximum Gasteiger partial charge on any atom is 0.262 e. The second-order valence-electron chi connectivity index (χ2n) is 7.81. The summed E-state index contributed by atoms with van der Waals surface area (Å²) >= 11 is 0. The van der Waals surface area contributed by atoms with Gasteiger partial charge in [-0.05, 0) is 43.2 Å². The van der Waals surface area contributed by atoms with Crippen molar-refractivity contribution in [3.05, 3.63) is 70.3 Å². The number of amides is 1. The van der Waals surface area contributed by atoms with Crippen LogP contribution in [-0.2, 0) is 11.3 Å². The number of rotatable bonds is 6. The summed E-state index contributed by atoms with van der Waals surface area (Å²) in [5, 5.41) is 0.554. The maximum absolute atomic E-state index is 13.4. The van der Waals surface area contributed by atoms with Crippen LogP contribution in [0.1, 0.15) is 56.6 Å². The van der Waals surface area contributed by atoms with Gasteiger partial charge < -0.3 is 9.64 Å². The first-order valence-electron chi connectivity index (χ1n) is 10.5. The van der Waals surface area contributed by atoms with Gasteiger partial charge in [0.25, 0.3) is 5.56 Å². The van der Waals surface area contributed by atoms with Crippen molar-refractivity contribution >= 4 is 16.8 Å². The van der Waals surface area contributed by atoms with E-state index in [4.69, 9.17) is 9.72 Å². The second kappa shape index (κ2) is 8.30. The van der Waals surface area contributed by atoms with Crippen LogP contribution in [0.3, 0.4) is 0 Å². The van der Waals surface area contributed by atoms with Crippen LogP contribution in [0.25, 0.3) is 10.9 Å². The Labute approximate surface area is 176 Å². The fourth-order valence-electron chi connectivity index (χ4n) is 4.21. The third-order valence-electron chi connectivity index (χ3n) is 5.88. The lowest BCUT2D eigenvalue weighted by atomic mass is 10.00. The number of ether oxygens (including phenoxy) is 1. The predicted molar refractivity (Wildman–Crippen MR) is 117 cm³/mol. The molecule has 3 aromatic rings. The Morgan fingerprint density at radius 2 is 1.80 bits per heavy atom. The molecule has 30 heavy (non-hydrogen) atoms. The molecule has 0 fully saturated rings. The molecule has 6 nitrogen and oxygen atoms in total. The highest BCUT2D eigenvalue weighted by molar-refractivity contribution is 5.83. The van der Waals surface area contributed by atoms with Gasteiger partial charge in [0.05, 0.1) is 24.1 Å². The van der Waals surface area contributed by atoms with E-state index in [1.165, 1.54) is 0 Å². The molecule has 1 aliphatic heterocycles. The van der Waals surface area contributed by atoms with Crippen molar-refractivity contribution in [3.8, 4) is 5.75 Å². The smallest absolute Gasteiger partial charge is 0.262 e. The average molecular weight is 405 g/mol. The van der Waals surface area contributed by atoms with E-state index in [0.29, 0.717) is 23.3 Å². The summed E-state index contributed by atoms with van der Waals surface area (Å²) in [7, 11) is 1.64. The third kappa shape index (κ3) is 3.47. The summed E-state index contributed by atoms with van der Waals surface area (Å²) in [5.41, 5.74) is 1.57. The number of aromatic nitrogens is 2. The quantitative estimate of drug-likeness (QED) is 0.615. The van der Waals surface area contributed by atoms with Crippen molar-refractivity contribution in [3.63, 3.8) is 0 Å². The van der Waals surface area contributed by atoms with Crippen LogP contribution in [0.4, 0.5) is 0 Å². The number of hydrogen-bond donors (Lipinski definition) is 0. The summed E-state index contributed by atoms with van der Waals surface area (Å²) in [4.78, 5) is 33.4. The second-order valence-corrected chi connectivity index (χ2v) is 7.81. The molecule has 4 rings (SSSR count). The van der Waals surface area contributed by atoms with E-state index < -0.39 is 6.04 Å². The molecule has 1 aliphatic rings. The lowest BCUT2D eigenvalue weighted by Gasteiger charge is -2.40. The normalized spacial score (nSPS) is 18.5. The molecular formula is C24H27N3O3. The van der Waals surface area contributed by atoms with Crippen LogP contribution in [0.15, 0.2) is 53.3 Å². The van der Waals surface area contributed by atoms with E-state index in [0.717, 1.165) is 30.6 Å². The van der Waals surface area contributed by atoms with Gasteiger partial charge in [-0.1, -0.05) is 44.0 Å². The van der Waals surface area contributed by atoms with Crippen molar-refractivity contribution in [1.29, 1.82) is 0 Å². The number of unbranched alkanes of at least 4 members (excludes halogenated alkanes) is 1. The molecule has 1 aromatic heterocycles. The molecule has 0 bridgehead atoms. The molecule has 0 spiro atoms. The van der Waals surface area contributed by atoms with E-state index >= 15 is 0 Å². The Balaban J connectivity index is 1.81. The largest absolute Gasteiger partial charge is 0.497 e. The number of carbonyl (C=O) groups excluding carboxylic acids is 1. The van der Waals surface area contributed by atoms with Crippen LogP contribution in [-0.4, -0.2) is 27.5 Å². The first-order valence-corrected chi connectivity index (χ1v) is 10.5. The zero-order valence-electron chi connectivity index (χ0n) is 17.7. The van der Waals surface area contributed by atoms with Crippen LogP contribution >= 0.6 is 0 Å². The van der Waals surface area contributed by atoms with Gasteiger partial charge >= 0.3 is 0 Å². The van der Waals surface area contributed by atoms with Crippen LogP contribution in [0.2, 0.25) is 0 Å². The maximum atomic E-state index is 13.4. The van der Waals surface area contributed by atoms with Gasteiger partial charge in [-0.15, -0.1) is 0 Å². The summed E-state index contributed by atoms with van der Waals surface area (Å²) < 4.78 is 6.85. The van der Waals surface area contributed by atoms with Crippen molar-refractivity contribution in [2.75, 3.05) is 7.11 Å². The van der Waals surface area contributed by atoms with Gasteiger partial charge in [0.2, 0.25) is 5.91 Å². The zero-order chi connectivity index (χ0) is 21.3. The first-order chi connectivity index (χ1) is 14.5. The summed E-state index contributed by atoms with van der Waals surface area (Å²) in [6, 6.07) is 14.3. The Morgan fingerprint density at radius 1 is 1.07 bits per heavy atom. The van der Waals surface area contributed by atoms with E-state index in [1.807, 2.05) is 47.4 Å². The van der Waals surface area contributed by atoms with Crippen LogP contribution < -0.4 is 10.3 Å². The van der Waals surface area contributed by atoms with Gasteiger partial charge in [-0.3, -0.25) is 14.2 Å². The highest BCUT2D eigenvalue weighted by Crippen LogP contribution is 2.35.